The first-order chi connectivity index (χ1) is 14.5. The Labute approximate surface area is 177 Å². The number of carbonyl (C=O) groups is 1. The average molecular weight is 416 g/mol. The molecule has 0 aliphatic carbocycles. The maximum atomic E-state index is 13.2. The van der Waals surface area contributed by atoms with Crippen LogP contribution in [0, 0.1) is 5.82 Å². The van der Waals surface area contributed by atoms with Crippen LogP contribution >= 0.6 is 0 Å². The van der Waals surface area contributed by atoms with Gasteiger partial charge < -0.3 is 14.4 Å². The van der Waals surface area contributed by atoms with Gasteiger partial charge in [-0.3, -0.25) is 14.6 Å². The molecule has 162 valence electrons. The van der Waals surface area contributed by atoms with Crippen molar-refractivity contribution in [2.24, 2.45) is 0 Å². The zero-order valence-electron chi connectivity index (χ0n) is 17.9. The second-order valence-corrected chi connectivity index (χ2v) is 7.36. The molecule has 0 spiro atoms. The normalized spacial score (nSPS) is 15.1. The lowest BCUT2D eigenvalue weighted by Gasteiger charge is -2.35. The highest BCUT2D eigenvalue weighted by Gasteiger charge is 2.22. The molecule has 0 radical (unpaired) electrons. The summed E-state index contributed by atoms with van der Waals surface area (Å²) >= 11 is 0. The van der Waals surface area contributed by atoms with Crippen molar-refractivity contribution in [2.45, 2.75) is 13.5 Å². The minimum Gasteiger partial charge on any atom is -0.493 e. The predicted molar refractivity (Wildman–Crippen MR) is 116 cm³/mol. The Hall–Kier alpha value is -2.64. The van der Waals surface area contributed by atoms with Gasteiger partial charge in [0.15, 0.2) is 11.5 Å². The van der Waals surface area contributed by atoms with Crippen LogP contribution < -0.4 is 14.4 Å². The third kappa shape index (κ3) is 5.49. The first kappa shape index (κ1) is 22.1. The second-order valence-electron chi connectivity index (χ2n) is 7.36. The van der Waals surface area contributed by atoms with Crippen molar-refractivity contribution in [3.05, 3.63) is 53.8 Å². The van der Waals surface area contributed by atoms with E-state index in [4.69, 9.17) is 9.47 Å². The largest absolute Gasteiger partial charge is 0.493 e. The summed E-state index contributed by atoms with van der Waals surface area (Å²) in [6.07, 6.45) is 0. The Kier molecular flexibility index (Phi) is 7.65. The molecule has 0 N–H and O–H groups in total. The Morgan fingerprint density at radius 1 is 0.967 bits per heavy atom. The minimum absolute atomic E-state index is 0.0393. The van der Waals surface area contributed by atoms with Crippen LogP contribution in [-0.2, 0) is 11.3 Å². The summed E-state index contributed by atoms with van der Waals surface area (Å²) in [5.74, 6) is 1.20. The van der Waals surface area contributed by atoms with Crippen LogP contribution in [0.4, 0.5) is 10.1 Å². The van der Waals surface area contributed by atoms with Gasteiger partial charge in [0.1, 0.15) is 5.82 Å². The summed E-state index contributed by atoms with van der Waals surface area (Å²) in [5, 5.41) is 0. The average Bonchev–Trinajstić information content (AvgIpc) is 2.77. The van der Waals surface area contributed by atoms with E-state index < -0.39 is 0 Å². The molecule has 0 aromatic heterocycles. The van der Waals surface area contributed by atoms with Crippen LogP contribution in [0.2, 0.25) is 0 Å². The number of amides is 1. The standard InChI is InChI=1S/C23H30FN3O3/c1-4-27(20-8-6-19(24)7-9-20)23(28)17-26-13-11-25(12-14-26)16-18-5-10-21(29-2)22(15-18)30-3/h5-10,15H,4,11-14,16-17H2,1-3H3. The summed E-state index contributed by atoms with van der Waals surface area (Å²) in [6.45, 7) is 7.15. The summed E-state index contributed by atoms with van der Waals surface area (Å²) in [4.78, 5) is 19.0. The lowest BCUT2D eigenvalue weighted by Crippen LogP contribution is -2.49. The van der Waals surface area contributed by atoms with E-state index in [1.165, 1.54) is 17.7 Å². The van der Waals surface area contributed by atoms with Crippen molar-refractivity contribution >= 4 is 11.6 Å². The molecule has 0 bridgehead atoms. The van der Waals surface area contributed by atoms with Crippen molar-refractivity contribution in [3.8, 4) is 11.5 Å². The molecule has 1 aliphatic heterocycles. The minimum atomic E-state index is -0.298. The number of hydrogen-bond donors (Lipinski definition) is 0. The summed E-state index contributed by atoms with van der Waals surface area (Å²) in [5.41, 5.74) is 1.90. The van der Waals surface area contributed by atoms with Gasteiger partial charge in [0.05, 0.1) is 20.8 Å². The van der Waals surface area contributed by atoms with E-state index in [-0.39, 0.29) is 11.7 Å². The molecule has 6 nitrogen and oxygen atoms in total. The molecule has 0 atom stereocenters. The molecular weight excluding hydrogens is 385 g/mol. The number of benzene rings is 2. The predicted octanol–water partition coefficient (Wildman–Crippen LogP) is 3.01. The molecule has 7 heteroatoms. The third-order valence-electron chi connectivity index (χ3n) is 5.43. The van der Waals surface area contributed by atoms with Crippen molar-refractivity contribution < 1.29 is 18.7 Å². The molecule has 1 fully saturated rings. The van der Waals surface area contributed by atoms with Crippen molar-refractivity contribution in [2.75, 3.05) is 58.4 Å². The lowest BCUT2D eigenvalue weighted by atomic mass is 10.1. The number of piperazine rings is 1. The highest BCUT2D eigenvalue weighted by Crippen LogP contribution is 2.28. The molecule has 0 unspecified atom stereocenters. The number of hydrogen-bond acceptors (Lipinski definition) is 5. The van der Waals surface area contributed by atoms with Gasteiger partial charge in [-0.1, -0.05) is 6.07 Å². The van der Waals surface area contributed by atoms with Crippen LogP contribution in [0.25, 0.3) is 0 Å². The quantitative estimate of drug-likeness (QED) is 0.663. The maximum Gasteiger partial charge on any atom is 0.241 e. The van der Waals surface area contributed by atoms with Gasteiger partial charge in [-0.25, -0.2) is 4.39 Å². The third-order valence-corrected chi connectivity index (χ3v) is 5.43. The molecule has 30 heavy (non-hydrogen) atoms. The van der Waals surface area contributed by atoms with E-state index in [2.05, 4.69) is 15.9 Å². The van der Waals surface area contributed by atoms with Crippen molar-refractivity contribution in [3.63, 3.8) is 0 Å². The molecule has 2 aromatic carbocycles. The van der Waals surface area contributed by atoms with E-state index in [1.807, 2.05) is 19.1 Å². The highest BCUT2D eigenvalue weighted by molar-refractivity contribution is 5.94. The number of rotatable bonds is 8. The number of methoxy groups -OCH3 is 2. The molecule has 3 rings (SSSR count). The van der Waals surface area contributed by atoms with E-state index in [1.54, 1.807) is 31.3 Å². The van der Waals surface area contributed by atoms with Crippen LogP contribution in [0.15, 0.2) is 42.5 Å². The summed E-state index contributed by atoms with van der Waals surface area (Å²) < 4.78 is 23.9. The van der Waals surface area contributed by atoms with Gasteiger partial charge in [-0.15, -0.1) is 0 Å². The zero-order chi connectivity index (χ0) is 21.5. The van der Waals surface area contributed by atoms with E-state index in [9.17, 15) is 9.18 Å². The molecule has 2 aromatic rings. The molecule has 0 saturated carbocycles. The Balaban J connectivity index is 1.51. The topological polar surface area (TPSA) is 45.3 Å². The van der Waals surface area contributed by atoms with Gasteiger partial charge in [0.2, 0.25) is 5.91 Å². The van der Waals surface area contributed by atoms with Gasteiger partial charge >= 0.3 is 0 Å². The number of likely N-dealkylation sites (N-methyl/N-ethyl adjacent to an activating group) is 1. The van der Waals surface area contributed by atoms with Crippen molar-refractivity contribution in [1.82, 2.24) is 9.80 Å². The fourth-order valence-electron chi connectivity index (χ4n) is 3.74. The zero-order valence-corrected chi connectivity index (χ0v) is 17.9. The monoisotopic (exact) mass is 415 g/mol. The van der Waals surface area contributed by atoms with Crippen LogP contribution in [-0.4, -0.2) is 69.2 Å². The highest BCUT2D eigenvalue weighted by atomic mass is 19.1. The lowest BCUT2D eigenvalue weighted by molar-refractivity contribution is -0.120. The van der Waals surface area contributed by atoms with Crippen LogP contribution in [0.3, 0.4) is 0 Å². The smallest absolute Gasteiger partial charge is 0.241 e. The van der Waals surface area contributed by atoms with Gasteiger partial charge in [-0.05, 0) is 48.9 Å². The Morgan fingerprint density at radius 2 is 1.60 bits per heavy atom. The number of halogens is 1. The Bertz CT molecular complexity index is 836. The summed E-state index contributed by atoms with van der Waals surface area (Å²) in [7, 11) is 3.27. The molecule has 1 heterocycles. The van der Waals surface area contributed by atoms with Gasteiger partial charge in [-0.2, -0.15) is 0 Å². The summed E-state index contributed by atoms with van der Waals surface area (Å²) in [6, 6.07) is 12.1. The van der Waals surface area contributed by atoms with E-state index in [0.717, 1.165) is 49.9 Å². The van der Waals surface area contributed by atoms with E-state index in [0.29, 0.717) is 13.1 Å². The fourth-order valence-corrected chi connectivity index (χ4v) is 3.74. The number of ether oxygens (including phenoxy) is 2. The molecule has 1 saturated heterocycles. The SMILES string of the molecule is CCN(C(=O)CN1CCN(Cc2ccc(OC)c(OC)c2)CC1)c1ccc(F)cc1. The van der Waals surface area contributed by atoms with Crippen LogP contribution in [0.1, 0.15) is 12.5 Å². The number of nitrogens with zero attached hydrogens (tertiary/aromatic N) is 3. The number of anilines is 1. The first-order valence-electron chi connectivity index (χ1n) is 10.3. The maximum absolute atomic E-state index is 13.2. The molecule has 1 aliphatic rings. The van der Waals surface area contributed by atoms with E-state index >= 15 is 0 Å². The van der Waals surface area contributed by atoms with Gasteiger partial charge in [0, 0.05) is 45.0 Å². The Morgan fingerprint density at radius 3 is 2.20 bits per heavy atom. The van der Waals surface area contributed by atoms with Crippen molar-refractivity contribution in [1.29, 1.82) is 0 Å². The van der Waals surface area contributed by atoms with Crippen LogP contribution in [0.5, 0.6) is 11.5 Å². The first-order valence-corrected chi connectivity index (χ1v) is 10.3. The molecular formula is C23H30FN3O3. The number of carbonyl (C=O) groups excluding carboxylic acids is 1. The second kappa shape index (κ2) is 10.4. The fraction of sp³-hybridized carbons (Fsp3) is 0.435. The molecule has 1 amide bonds. The van der Waals surface area contributed by atoms with Gasteiger partial charge in [0.25, 0.3) is 0 Å².